The van der Waals surface area contributed by atoms with Gasteiger partial charge in [0.15, 0.2) is 0 Å². The van der Waals surface area contributed by atoms with E-state index in [2.05, 4.69) is 4.90 Å². The molecule has 2 heterocycles. The molecular formula is C19H22F3N3O. The van der Waals surface area contributed by atoms with Crippen LogP contribution >= 0.6 is 0 Å². The van der Waals surface area contributed by atoms with Crippen molar-refractivity contribution in [3.8, 4) is 0 Å². The molecule has 140 valence electrons. The maximum atomic E-state index is 13.1. The molecule has 0 bridgehead atoms. The Kier molecular flexibility index (Phi) is 5.48. The Labute approximate surface area is 150 Å². The van der Waals surface area contributed by atoms with Crippen molar-refractivity contribution < 1.29 is 13.2 Å². The Morgan fingerprint density at radius 1 is 0.962 bits per heavy atom. The molecule has 0 radical (unpaired) electrons. The van der Waals surface area contributed by atoms with Crippen molar-refractivity contribution in [1.29, 1.82) is 0 Å². The van der Waals surface area contributed by atoms with Gasteiger partial charge in [0.25, 0.3) is 5.56 Å². The third kappa shape index (κ3) is 4.53. The van der Waals surface area contributed by atoms with Gasteiger partial charge in [0.2, 0.25) is 0 Å². The molecule has 1 aromatic heterocycles. The van der Waals surface area contributed by atoms with Crippen molar-refractivity contribution >= 4 is 0 Å². The van der Waals surface area contributed by atoms with E-state index in [0.29, 0.717) is 31.7 Å². The molecular weight excluding hydrogens is 343 g/mol. The zero-order valence-corrected chi connectivity index (χ0v) is 14.7. The fourth-order valence-electron chi connectivity index (χ4n) is 3.23. The van der Waals surface area contributed by atoms with E-state index in [4.69, 9.17) is 0 Å². The number of aromatic nitrogens is 1. The summed E-state index contributed by atoms with van der Waals surface area (Å²) in [4.78, 5) is 16.0. The number of piperazine rings is 1. The van der Waals surface area contributed by atoms with Gasteiger partial charge >= 0.3 is 6.18 Å². The summed E-state index contributed by atoms with van der Waals surface area (Å²) in [5.74, 6) is 0. The second kappa shape index (κ2) is 7.63. The molecule has 7 heteroatoms. The van der Waals surface area contributed by atoms with Crippen LogP contribution in [-0.4, -0.2) is 40.5 Å². The minimum Gasteiger partial charge on any atom is -0.319 e. The van der Waals surface area contributed by atoms with Gasteiger partial charge in [-0.25, -0.2) is 0 Å². The number of alkyl halides is 3. The first-order chi connectivity index (χ1) is 12.3. The summed E-state index contributed by atoms with van der Waals surface area (Å²) in [6, 6.07) is 9.32. The molecule has 0 spiro atoms. The van der Waals surface area contributed by atoms with Crippen LogP contribution in [0, 0.1) is 0 Å². The van der Waals surface area contributed by atoms with Crippen LogP contribution in [0.25, 0.3) is 0 Å². The number of nitrogens with zero attached hydrogens (tertiary/aromatic N) is 3. The van der Waals surface area contributed by atoms with Crippen LogP contribution in [0.2, 0.25) is 0 Å². The lowest BCUT2D eigenvalue weighted by Crippen LogP contribution is -2.45. The Bertz CT molecular complexity index is 808. The van der Waals surface area contributed by atoms with Crippen molar-refractivity contribution in [3.63, 3.8) is 0 Å². The minimum absolute atomic E-state index is 0.0371. The molecule has 0 amide bonds. The van der Waals surface area contributed by atoms with E-state index in [9.17, 15) is 18.0 Å². The number of hydrogen-bond donors (Lipinski definition) is 0. The second-order valence-corrected chi connectivity index (χ2v) is 6.69. The Balaban J connectivity index is 1.58. The van der Waals surface area contributed by atoms with Crippen molar-refractivity contribution in [1.82, 2.24) is 14.4 Å². The molecule has 0 aliphatic carbocycles. The van der Waals surface area contributed by atoms with E-state index < -0.39 is 11.7 Å². The molecule has 1 aromatic carbocycles. The van der Waals surface area contributed by atoms with E-state index in [1.54, 1.807) is 31.4 Å². The predicted molar refractivity (Wildman–Crippen MR) is 93.7 cm³/mol. The number of pyridine rings is 1. The zero-order valence-electron chi connectivity index (χ0n) is 14.7. The largest absolute Gasteiger partial charge is 0.416 e. The van der Waals surface area contributed by atoms with E-state index in [1.165, 1.54) is 10.6 Å². The van der Waals surface area contributed by atoms with Crippen LogP contribution < -0.4 is 5.56 Å². The Morgan fingerprint density at radius 2 is 1.58 bits per heavy atom. The SMILES string of the molecule is Cn1ccc(CN2CCN(Cc3ccccc3C(F)(F)F)CC2)cc1=O. The summed E-state index contributed by atoms with van der Waals surface area (Å²) in [5, 5.41) is 0. The van der Waals surface area contributed by atoms with E-state index in [1.807, 2.05) is 11.0 Å². The van der Waals surface area contributed by atoms with E-state index in [-0.39, 0.29) is 5.56 Å². The van der Waals surface area contributed by atoms with Crippen LogP contribution in [-0.2, 0) is 26.3 Å². The fourth-order valence-corrected chi connectivity index (χ4v) is 3.23. The number of benzene rings is 1. The standard InChI is InChI=1S/C19H22F3N3O/c1-23-7-6-15(12-18(23)26)13-24-8-10-25(11-9-24)14-16-4-2-3-5-17(16)19(20,21)22/h2-7,12H,8-11,13-14H2,1H3. The van der Waals surface area contributed by atoms with Gasteiger partial charge in [0.1, 0.15) is 0 Å². The molecule has 0 atom stereocenters. The maximum Gasteiger partial charge on any atom is 0.416 e. The van der Waals surface area contributed by atoms with E-state index >= 15 is 0 Å². The Hall–Kier alpha value is -2.12. The maximum absolute atomic E-state index is 13.1. The minimum atomic E-state index is -4.32. The molecule has 26 heavy (non-hydrogen) atoms. The van der Waals surface area contributed by atoms with Crippen LogP contribution in [0.3, 0.4) is 0 Å². The van der Waals surface area contributed by atoms with Gasteiger partial charge in [-0.2, -0.15) is 13.2 Å². The molecule has 3 rings (SSSR count). The summed E-state index contributed by atoms with van der Waals surface area (Å²) < 4.78 is 40.9. The predicted octanol–water partition coefficient (Wildman–Crippen LogP) is 2.72. The first kappa shape index (κ1) is 18.7. The highest BCUT2D eigenvalue weighted by Crippen LogP contribution is 2.32. The highest BCUT2D eigenvalue weighted by Gasteiger charge is 2.33. The lowest BCUT2D eigenvalue weighted by molar-refractivity contribution is -0.138. The Morgan fingerprint density at radius 3 is 2.19 bits per heavy atom. The molecule has 1 aliphatic rings. The molecule has 2 aromatic rings. The van der Waals surface area contributed by atoms with Gasteiger partial charge in [-0.05, 0) is 23.3 Å². The van der Waals surface area contributed by atoms with Crippen LogP contribution in [0.5, 0.6) is 0 Å². The van der Waals surface area contributed by atoms with Gasteiger partial charge in [0, 0.05) is 58.6 Å². The molecule has 1 saturated heterocycles. The molecule has 1 fully saturated rings. The molecule has 0 N–H and O–H groups in total. The van der Waals surface area contributed by atoms with Crippen molar-refractivity contribution in [2.24, 2.45) is 7.05 Å². The molecule has 0 unspecified atom stereocenters. The van der Waals surface area contributed by atoms with Crippen LogP contribution in [0.4, 0.5) is 13.2 Å². The van der Waals surface area contributed by atoms with Crippen molar-refractivity contribution in [2.75, 3.05) is 26.2 Å². The van der Waals surface area contributed by atoms with Gasteiger partial charge in [-0.3, -0.25) is 14.6 Å². The summed E-state index contributed by atoms with van der Waals surface area (Å²) in [6.45, 7) is 3.93. The molecule has 0 saturated carbocycles. The van der Waals surface area contributed by atoms with Crippen LogP contribution in [0.15, 0.2) is 47.4 Å². The van der Waals surface area contributed by atoms with Gasteiger partial charge < -0.3 is 4.57 Å². The highest BCUT2D eigenvalue weighted by atomic mass is 19.4. The first-order valence-corrected chi connectivity index (χ1v) is 8.58. The fraction of sp³-hybridized carbons (Fsp3) is 0.421. The average Bonchev–Trinajstić information content (AvgIpc) is 2.59. The van der Waals surface area contributed by atoms with E-state index in [0.717, 1.165) is 24.7 Å². The third-order valence-corrected chi connectivity index (χ3v) is 4.76. The summed E-state index contributed by atoms with van der Waals surface area (Å²) in [7, 11) is 1.71. The smallest absolute Gasteiger partial charge is 0.319 e. The monoisotopic (exact) mass is 365 g/mol. The quantitative estimate of drug-likeness (QED) is 0.834. The molecule has 4 nitrogen and oxygen atoms in total. The average molecular weight is 365 g/mol. The second-order valence-electron chi connectivity index (χ2n) is 6.69. The highest BCUT2D eigenvalue weighted by molar-refractivity contribution is 5.29. The number of rotatable bonds is 4. The van der Waals surface area contributed by atoms with Crippen LogP contribution in [0.1, 0.15) is 16.7 Å². The van der Waals surface area contributed by atoms with Gasteiger partial charge in [-0.15, -0.1) is 0 Å². The summed E-state index contributed by atoms with van der Waals surface area (Å²) >= 11 is 0. The van der Waals surface area contributed by atoms with Gasteiger partial charge in [-0.1, -0.05) is 18.2 Å². The number of hydrogen-bond acceptors (Lipinski definition) is 3. The normalized spacial score (nSPS) is 16.8. The third-order valence-electron chi connectivity index (χ3n) is 4.76. The molecule has 1 aliphatic heterocycles. The van der Waals surface area contributed by atoms with Crippen molar-refractivity contribution in [2.45, 2.75) is 19.3 Å². The topological polar surface area (TPSA) is 28.5 Å². The number of halogens is 3. The summed E-state index contributed by atoms with van der Waals surface area (Å²) in [6.07, 6.45) is -2.57. The lowest BCUT2D eigenvalue weighted by atomic mass is 10.1. The van der Waals surface area contributed by atoms with Crippen molar-refractivity contribution in [3.05, 3.63) is 69.6 Å². The zero-order chi connectivity index (χ0) is 18.7. The van der Waals surface area contributed by atoms with Gasteiger partial charge in [0.05, 0.1) is 5.56 Å². The lowest BCUT2D eigenvalue weighted by Gasteiger charge is -2.35. The summed E-state index contributed by atoms with van der Waals surface area (Å²) in [5.41, 5.74) is 0.691. The number of aryl methyl sites for hydroxylation is 1. The first-order valence-electron chi connectivity index (χ1n) is 8.58.